The van der Waals surface area contributed by atoms with Gasteiger partial charge in [0.05, 0.1) is 0 Å². The summed E-state index contributed by atoms with van der Waals surface area (Å²) >= 11 is 0. The molecule has 0 spiro atoms. The molecule has 0 aliphatic carbocycles. The maximum atomic E-state index is 5.90. The second-order valence-electron chi connectivity index (χ2n) is 3.75. The van der Waals surface area contributed by atoms with E-state index in [1.165, 1.54) is 0 Å². The molecule has 4 nitrogen and oxygen atoms in total. The van der Waals surface area contributed by atoms with E-state index in [9.17, 15) is 0 Å². The van der Waals surface area contributed by atoms with Crippen molar-refractivity contribution in [2.45, 2.75) is 26.2 Å². The van der Waals surface area contributed by atoms with Crippen LogP contribution in [-0.2, 0) is 9.47 Å². The summed E-state index contributed by atoms with van der Waals surface area (Å²) in [5.41, 5.74) is 13.5. The summed E-state index contributed by atoms with van der Waals surface area (Å²) in [6.45, 7) is 5.54. The topological polar surface area (TPSA) is 70.5 Å². The zero-order valence-electron chi connectivity index (χ0n) is 10.6. The number of nitrogens with two attached hydrogens (primary N) is 2. The molecule has 0 aliphatic rings. The molecule has 0 heterocycles. The van der Waals surface area contributed by atoms with Crippen molar-refractivity contribution in [1.82, 2.24) is 0 Å². The number of hydrogen-bond donors (Lipinski definition) is 2. The molecule has 0 radical (unpaired) electrons. The highest BCUT2D eigenvalue weighted by atomic mass is 16.7. The molecule has 17 heavy (non-hydrogen) atoms. The average Bonchev–Trinajstić information content (AvgIpc) is 2.37. The molecule has 0 aromatic heterocycles. The van der Waals surface area contributed by atoms with Crippen molar-refractivity contribution in [3.05, 3.63) is 35.4 Å². The Bertz CT molecular complexity index is 325. The van der Waals surface area contributed by atoms with Crippen LogP contribution in [0.3, 0.4) is 0 Å². The summed E-state index contributed by atoms with van der Waals surface area (Å²) in [6, 6.07) is 7.75. The highest BCUT2D eigenvalue weighted by Gasteiger charge is 2.13. The minimum absolute atomic E-state index is 0.140. The Morgan fingerprint density at radius 1 is 1.12 bits per heavy atom. The first kappa shape index (κ1) is 14.1. The molecule has 1 aromatic rings. The van der Waals surface area contributed by atoms with Gasteiger partial charge in [0, 0.05) is 31.4 Å². The van der Waals surface area contributed by atoms with E-state index in [0.29, 0.717) is 19.8 Å². The molecule has 4 heteroatoms. The van der Waals surface area contributed by atoms with Gasteiger partial charge in [0.1, 0.15) is 0 Å². The van der Waals surface area contributed by atoms with E-state index in [0.717, 1.165) is 11.1 Å². The summed E-state index contributed by atoms with van der Waals surface area (Å²) in [4.78, 5) is 0. The van der Waals surface area contributed by atoms with E-state index >= 15 is 0 Å². The Kier molecular flexibility index (Phi) is 6.15. The van der Waals surface area contributed by atoms with E-state index in [4.69, 9.17) is 20.9 Å². The van der Waals surface area contributed by atoms with Gasteiger partial charge >= 0.3 is 0 Å². The van der Waals surface area contributed by atoms with E-state index in [-0.39, 0.29) is 12.3 Å². The van der Waals surface area contributed by atoms with Gasteiger partial charge in [-0.2, -0.15) is 0 Å². The van der Waals surface area contributed by atoms with Crippen LogP contribution in [0.5, 0.6) is 0 Å². The Hall–Kier alpha value is -0.940. The van der Waals surface area contributed by atoms with E-state index in [1.54, 1.807) is 0 Å². The molecule has 0 bridgehead atoms. The van der Waals surface area contributed by atoms with Gasteiger partial charge in [-0.3, -0.25) is 0 Å². The Morgan fingerprint density at radius 2 is 1.71 bits per heavy atom. The minimum Gasteiger partial charge on any atom is -0.349 e. The minimum atomic E-state index is -0.324. The Labute approximate surface area is 103 Å². The van der Waals surface area contributed by atoms with E-state index in [2.05, 4.69) is 0 Å². The fourth-order valence-corrected chi connectivity index (χ4v) is 1.62. The van der Waals surface area contributed by atoms with E-state index < -0.39 is 0 Å². The molecular formula is C13H22N2O2. The number of hydrogen-bond acceptors (Lipinski definition) is 4. The van der Waals surface area contributed by atoms with Crippen molar-refractivity contribution in [2.24, 2.45) is 11.5 Å². The van der Waals surface area contributed by atoms with Crippen molar-refractivity contribution in [1.29, 1.82) is 0 Å². The summed E-state index contributed by atoms with van der Waals surface area (Å²) < 4.78 is 11.1. The maximum absolute atomic E-state index is 5.90. The van der Waals surface area contributed by atoms with Crippen LogP contribution in [0.4, 0.5) is 0 Å². The van der Waals surface area contributed by atoms with Gasteiger partial charge in [0.15, 0.2) is 6.29 Å². The lowest BCUT2D eigenvalue weighted by Crippen LogP contribution is -2.21. The van der Waals surface area contributed by atoms with Crippen LogP contribution in [0.2, 0.25) is 0 Å². The lowest BCUT2D eigenvalue weighted by molar-refractivity contribution is -0.140. The van der Waals surface area contributed by atoms with Gasteiger partial charge in [0.2, 0.25) is 0 Å². The van der Waals surface area contributed by atoms with E-state index in [1.807, 2.05) is 38.1 Å². The van der Waals surface area contributed by atoms with Crippen LogP contribution in [-0.4, -0.2) is 19.8 Å². The maximum Gasteiger partial charge on any atom is 0.183 e. The number of benzene rings is 1. The smallest absolute Gasteiger partial charge is 0.183 e. The first-order valence-corrected chi connectivity index (χ1v) is 6.01. The molecule has 0 fully saturated rings. The molecule has 0 saturated carbocycles. The predicted octanol–water partition coefficient (Wildman–Crippen LogP) is 1.72. The monoisotopic (exact) mass is 238 g/mol. The quantitative estimate of drug-likeness (QED) is 0.709. The van der Waals surface area contributed by atoms with Crippen molar-refractivity contribution >= 4 is 0 Å². The normalized spacial score (nSPS) is 13.0. The lowest BCUT2D eigenvalue weighted by atomic mass is 10.0. The molecule has 0 saturated heterocycles. The first-order chi connectivity index (χ1) is 8.22. The fraction of sp³-hybridized carbons (Fsp3) is 0.538. The summed E-state index contributed by atoms with van der Waals surface area (Å²) in [6.07, 6.45) is -0.324. The molecular weight excluding hydrogens is 216 g/mol. The van der Waals surface area contributed by atoms with Gasteiger partial charge in [-0.25, -0.2) is 0 Å². The molecule has 1 aromatic carbocycles. The van der Waals surface area contributed by atoms with Crippen LogP contribution in [0.15, 0.2) is 24.3 Å². The first-order valence-electron chi connectivity index (χ1n) is 6.01. The van der Waals surface area contributed by atoms with Crippen molar-refractivity contribution in [3.8, 4) is 0 Å². The lowest BCUT2D eigenvalue weighted by Gasteiger charge is -2.19. The highest BCUT2D eigenvalue weighted by molar-refractivity contribution is 5.27. The fourth-order valence-electron chi connectivity index (χ4n) is 1.62. The van der Waals surface area contributed by atoms with Gasteiger partial charge in [0.25, 0.3) is 0 Å². The van der Waals surface area contributed by atoms with Crippen LogP contribution in [0, 0.1) is 0 Å². The third-order valence-electron chi connectivity index (χ3n) is 2.50. The highest BCUT2D eigenvalue weighted by Crippen LogP contribution is 2.21. The SMILES string of the molecule is CCOC(OCC)c1cccc(C(N)CN)c1. The van der Waals surface area contributed by atoms with Crippen molar-refractivity contribution < 1.29 is 9.47 Å². The molecule has 0 amide bonds. The van der Waals surface area contributed by atoms with Gasteiger partial charge in [-0.1, -0.05) is 18.2 Å². The molecule has 1 rings (SSSR count). The predicted molar refractivity (Wildman–Crippen MR) is 68.4 cm³/mol. The molecule has 1 unspecified atom stereocenters. The standard InChI is InChI=1S/C13H22N2O2/c1-3-16-13(17-4-2)11-7-5-6-10(8-11)12(15)9-14/h5-8,12-13H,3-4,9,14-15H2,1-2H3. The molecule has 1 atom stereocenters. The molecule has 4 N–H and O–H groups in total. The summed E-state index contributed by atoms with van der Waals surface area (Å²) in [5.74, 6) is 0. The van der Waals surface area contributed by atoms with Crippen LogP contribution in [0.1, 0.15) is 37.3 Å². The summed E-state index contributed by atoms with van der Waals surface area (Å²) in [7, 11) is 0. The third kappa shape index (κ3) is 4.09. The summed E-state index contributed by atoms with van der Waals surface area (Å²) in [5, 5.41) is 0. The molecule has 96 valence electrons. The zero-order valence-corrected chi connectivity index (χ0v) is 10.6. The number of ether oxygens (including phenoxy) is 2. The second kappa shape index (κ2) is 7.40. The van der Waals surface area contributed by atoms with Gasteiger partial charge < -0.3 is 20.9 Å². The number of rotatable bonds is 7. The van der Waals surface area contributed by atoms with Gasteiger partial charge in [-0.05, 0) is 25.5 Å². The van der Waals surface area contributed by atoms with Crippen LogP contribution >= 0.6 is 0 Å². The average molecular weight is 238 g/mol. The Balaban J connectivity index is 2.87. The van der Waals surface area contributed by atoms with Crippen LogP contribution < -0.4 is 11.5 Å². The zero-order chi connectivity index (χ0) is 12.7. The van der Waals surface area contributed by atoms with Crippen molar-refractivity contribution in [3.63, 3.8) is 0 Å². The van der Waals surface area contributed by atoms with Crippen molar-refractivity contribution in [2.75, 3.05) is 19.8 Å². The largest absolute Gasteiger partial charge is 0.349 e. The molecule has 0 aliphatic heterocycles. The second-order valence-corrected chi connectivity index (χ2v) is 3.75. The van der Waals surface area contributed by atoms with Gasteiger partial charge in [-0.15, -0.1) is 0 Å². The Morgan fingerprint density at radius 3 is 2.24 bits per heavy atom. The van der Waals surface area contributed by atoms with Crippen LogP contribution in [0.25, 0.3) is 0 Å². The third-order valence-corrected chi connectivity index (χ3v) is 2.50.